The van der Waals surface area contributed by atoms with E-state index < -0.39 is 29.6 Å². The molecule has 2 atom stereocenters. The summed E-state index contributed by atoms with van der Waals surface area (Å²) in [5.74, 6) is -3.01. The van der Waals surface area contributed by atoms with Crippen LogP contribution in [-0.2, 0) is 9.53 Å². The second-order valence-electron chi connectivity index (χ2n) is 5.65. The van der Waals surface area contributed by atoms with E-state index in [2.05, 4.69) is 17.2 Å². The van der Waals surface area contributed by atoms with E-state index in [4.69, 9.17) is 4.74 Å². The number of morpholine rings is 1. The molecule has 3 amide bonds. The van der Waals surface area contributed by atoms with Gasteiger partial charge in [-0.2, -0.15) is 0 Å². The number of hydrogen-bond donors (Lipinski definition) is 2. The van der Waals surface area contributed by atoms with E-state index in [1.807, 2.05) is 0 Å². The molecule has 0 spiro atoms. The zero-order valence-electron chi connectivity index (χ0n) is 12.9. The number of rotatable bonds is 2. The maximum atomic E-state index is 14.2. The minimum absolute atomic E-state index is 0.114. The van der Waals surface area contributed by atoms with Crippen LogP contribution in [0.2, 0.25) is 0 Å². The summed E-state index contributed by atoms with van der Waals surface area (Å²) in [7, 11) is 0. The lowest BCUT2D eigenvalue weighted by atomic mass is 9.87. The van der Waals surface area contributed by atoms with E-state index in [1.165, 1.54) is 6.07 Å². The van der Waals surface area contributed by atoms with Crippen molar-refractivity contribution in [3.63, 3.8) is 0 Å². The number of hydrogen-bond acceptors (Lipinski definition) is 3. The number of carbonyl (C=O) groups excluding carboxylic acids is 2. The van der Waals surface area contributed by atoms with E-state index in [9.17, 15) is 18.4 Å². The number of amides is 3. The Morgan fingerprint density at radius 3 is 2.50 bits per heavy atom. The molecule has 1 aromatic carbocycles. The molecule has 3 rings (SSSR count). The number of benzene rings is 1. The Morgan fingerprint density at radius 1 is 1.25 bits per heavy atom. The van der Waals surface area contributed by atoms with Crippen LogP contribution in [0.4, 0.5) is 13.6 Å². The zero-order chi connectivity index (χ0) is 17.3. The third kappa shape index (κ3) is 2.96. The average Bonchev–Trinajstić information content (AvgIpc) is 2.54. The quantitative estimate of drug-likeness (QED) is 0.855. The minimum Gasteiger partial charge on any atom is -0.378 e. The van der Waals surface area contributed by atoms with Gasteiger partial charge in [-0.15, -0.1) is 0 Å². The van der Waals surface area contributed by atoms with Crippen LogP contribution in [0.3, 0.4) is 0 Å². The first-order valence-electron chi connectivity index (χ1n) is 7.56. The van der Waals surface area contributed by atoms with Gasteiger partial charge in [-0.05, 0) is 12.1 Å². The fourth-order valence-corrected chi connectivity index (χ4v) is 3.00. The molecule has 0 bridgehead atoms. The topological polar surface area (TPSA) is 70.7 Å². The second-order valence-corrected chi connectivity index (χ2v) is 5.65. The molecule has 24 heavy (non-hydrogen) atoms. The summed E-state index contributed by atoms with van der Waals surface area (Å²) in [5, 5.41) is 4.87. The number of nitrogens with zero attached hydrogens (tertiary/aromatic N) is 1. The molecule has 6 nitrogen and oxygen atoms in total. The highest BCUT2D eigenvalue weighted by molar-refractivity contribution is 5.88. The zero-order valence-corrected chi connectivity index (χ0v) is 12.9. The SMILES string of the molecule is C=C1NC(=O)N[C@@H](c2c(F)cccc2F)[C@H]1C(=O)N1CCOCC1. The van der Waals surface area contributed by atoms with Gasteiger partial charge in [0.2, 0.25) is 5.91 Å². The lowest BCUT2D eigenvalue weighted by Gasteiger charge is -2.38. The maximum absolute atomic E-state index is 14.2. The number of ether oxygens (including phenoxy) is 1. The van der Waals surface area contributed by atoms with Crippen LogP contribution >= 0.6 is 0 Å². The van der Waals surface area contributed by atoms with Gasteiger partial charge in [-0.3, -0.25) is 4.79 Å². The standard InChI is InChI=1S/C16H17F2N3O3/c1-9-12(15(22)21-5-7-24-8-6-21)14(20-16(23)19-9)13-10(17)3-2-4-11(13)18/h2-4,12,14H,1,5-8H2,(H2,19,20,23)/t12-,14+/m0/s1. The Balaban J connectivity index is 1.98. The molecule has 0 aromatic heterocycles. The van der Waals surface area contributed by atoms with Gasteiger partial charge in [0.1, 0.15) is 17.6 Å². The molecule has 2 N–H and O–H groups in total. The molecule has 2 aliphatic heterocycles. The van der Waals surface area contributed by atoms with Crippen LogP contribution in [0.25, 0.3) is 0 Å². The highest BCUT2D eigenvalue weighted by atomic mass is 19.1. The van der Waals surface area contributed by atoms with Gasteiger partial charge in [0.05, 0.1) is 19.3 Å². The highest BCUT2D eigenvalue weighted by Gasteiger charge is 2.42. The van der Waals surface area contributed by atoms with Crippen molar-refractivity contribution < 1.29 is 23.1 Å². The predicted molar refractivity (Wildman–Crippen MR) is 80.8 cm³/mol. The summed E-state index contributed by atoms with van der Waals surface area (Å²) >= 11 is 0. The normalized spacial score (nSPS) is 24.3. The maximum Gasteiger partial charge on any atom is 0.319 e. The molecule has 2 heterocycles. The molecule has 8 heteroatoms. The first kappa shape index (κ1) is 16.4. The number of urea groups is 1. The van der Waals surface area contributed by atoms with Crippen molar-refractivity contribution in [2.24, 2.45) is 5.92 Å². The molecule has 2 fully saturated rings. The lowest BCUT2D eigenvalue weighted by molar-refractivity contribution is -0.139. The third-order valence-electron chi connectivity index (χ3n) is 4.17. The Morgan fingerprint density at radius 2 is 1.88 bits per heavy atom. The number of nitrogens with one attached hydrogen (secondary N) is 2. The highest BCUT2D eigenvalue weighted by Crippen LogP contribution is 2.33. The van der Waals surface area contributed by atoms with Crippen LogP contribution in [0.5, 0.6) is 0 Å². The molecule has 0 unspecified atom stereocenters. The Labute approximate surface area is 137 Å². The Kier molecular flexibility index (Phi) is 4.48. The van der Waals surface area contributed by atoms with Crippen molar-refractivity contribution in [1.82, 2.24) is 15.5 Å². The van der Waals surface area contributed by atoms with Gasteiger partial charge < -0.3 is 20.3 Å². The average molecular weight is 337 g/mol. The summed E-state index contributed by atoms with van der Waals surface area (Å²) < 4.78 is 33.6. The summed E-state index contributed by atoms with van der Waals surface area (Å²) in [5.41, 5.74) is -0.233. The summed E-state index contributed by atoms with van der Waals surface area (Å²) in [6.07, 6.45) is 0. The molecular formula is C16H17F2N3O3. The van der Waals surface area contributed by atoms with Crippen LogP contribution in [0.1, 0.15) is 11.6 Å². The van der Waals surface area contributed by atoms with Gasteiger partial charge in [-0.25, -0.2) is 13.6 Å². The smallest absolute Gasteiger partial charge is 0.319 e. The van der Waals surface area contributed by atoms with E-state index in [0.29, 0.717) is 26.3 Å². The molecule has 0 saturated carbocycles. The van der Waals surface area contributed by atoms with Crippen molar-refractivity contribution in [1.29, 1.82) is 0 Å². The summed E-state index contributed by atoms with van der Waals surface area (Å²) in [4.78, 5) is 26.1. The number of halogens is 2. The molecular weight excluding hydrogens is 320 g/mol. The van der Waals surface area contributed by atoms with Gasteiger partial charge in [0, 0.05) is 24.4 Å². The van der Waals surface area contributed by atoms with Crippen LogP contribution in [-0.4, -0.2) is 43.1 Å². The Bertz CT molecular complexity index is 669. The van der Waals surface area contributed by atoms with Crippen molar-refractivity contribution in [2.75, 3.05) is 26.3 Å². The molecule has 128 valence electrons. The molecule has 0 radical (unpaired) electrons. The van der Waals surface area contributed by atoms with Gasteiger partial charge >= 0.3 is 6.03 Å². The van der Waals surface area contributed by atoms with Crippen molar-refractivity contribution in [2.45, 2.75) is 6.04 Å². The summed E-state index contributed by atoms with van der Waals surface area (Å²) in [6, 6.07) is 1.59. The van der Waals surface area contributed by atoms with Crippen molar-refractivity contribution in [3.8, 4) is 0 Å². The number of carbonyl (C=O) groups is 2. The van der Waals surface area contributed by atoms with Crippen LogP contribution in [0.15, 0.2) is 30.5 Å². The fraction of sp³-hybridized carbons (Fsp3) is 0.375. The second kappa shape index (κ2) is 6.56. The van der Waals surface area contributed by atoms with E-state index in [0.717, 1.165) is 12.1 Å². The van der Waals surface area contributed by atoms with Crippen molar-refractivity contribution >= 4 is 11.9 Å². The minimum atomic E-state index is -1.16. The van der Waals surface area contributed by atoms with Gasteiger partial charge in [0.25, 0.3) is 0 Å². The molecule has 2 saturated heterocycles. The van der Waals surface area contributed by atoms with Crippen molar-refractivity contribution in [3.05, 3.63) is 47.7 Å². The largest absolute Gasteiger partial charge is 0.378 e. The van der Waals surface area contributed by atoms with E-state index >= 15 is 0 Å². The van der Waals surface area contributed by atoms with Gasteiger partial charge in [0.15, 0.2) is 0 Å². The molecule has 0 aliphatic carbocycles. The molecule has 1 aromatic rings. The molecule has 2 aliphatic rings. The predicted octanol–water partition coefficient (Wildman–Crippen LogP) is 1.31. The van der Waals surface area contributed by atoms with Crippen LogP contribution < -0.4 is 10.6 Å². The monoisotopic (exact) mass is 337 g/mol. The van der Waals surface area contributed by atoms with Crippen LogP contribution in [0, 0.1) is 17.6 Å². The third-order valence-corrected chi connectivity index (χ3v) is 4.17. The summed E-state index contributed by atoms with van der Waals surface area (Å²) in [6.45, 7) is 5.24. The lowest BCUT2D eigenvalue weighted by Crippen LogP contribution is -2.55. The van der Waals surface area contributed by atoms with Gasteiger partial charge in [-0.1, -0.05) is 12.6 Å². The Hall–Kier alpha value is -2.48. The first-order chi connectivity index (χ1) is 11.5. The fourth-order valence-electron chi connectivity index (χ4n) is 3.00. The first-order valence-corrected chi connectivity index (χ1v) is 7.56. The van der Waals surface area contributed by atoms with E-state index in [-0.39, 0.29) is 17.2 Å². The van der Waals surface area contributed by atoms with E-state index in [1.54, 1.807) is 4.90 Å².